The SMILES string of the molecule is CCO[SiH](CCCN(c1ccccc1)[Si](C)(C)C(C)(C)C)OCC. The van der Waals surface area contributed by atoms with Gasteiger partial charge in [0, 0.05) is 25.4 Å². The maximum Gasteiger partial charge on any atom is 0.321 e. The van der Waals surface area contributed by atoms with Gasteiger partial charge in [0.25, 0.3) is 0 Å². The highest BCUT2D eigenvalue weighted by Crippen LogP contribution is 2.40. The average Bonchev–Trinajstić information content (AvgIpc) is 2.51. The lowest BCUT2D eigenvalue weighted by molar-refractivity contribution is 0.213. The highest BCUT2D eigenvalue weighted by molar-refractivity contribution is 6.83. The molecule has 0 amide bonds. The number of hydrogen-bond acceptors (Lipinski definition) is 3. The standard InChI is InChI=1S/C19H37NO2Si2/c1-8-21-23(22-9-2)17-13-16-20(18-14-11-10-12-15-18)24(6,7)19(3,4)5/h10-12,14-15,23H,8-9,13,16-17H2,1-7H3. The zero-order valence-corrected chi connectivity index (χ0v) is 18.9. The minimum atomic E-state index is -1.62. The number of rotatable bonds is 10. The molecule has 0 saturated heterocycles. The smallest absolute Gasteiger partial charge is 0.321 e. The highest BCUT2D eigenvalue weighted by atomic mass is 28.3. The molecule has 0 fully saturated rings. The summed E-state index contributed by atoms with van der Waals surface area (Å²) in [5.74, 6) is 0. The fourth-order valence-corrected chi connectivity index (χ4v) is 6.76. The van der Waals surface area contributed by atoms with Gasteiger partial charge in [0.2, 0.25) is 0 Å². The van der Waals surface area contributed by atoms with E-state index >= 15 is 0 Å². The van der Waals surface area contributed by atoms with Crippen LogP contribution in [0.3, 0.4) is 0 Å². The van der Waals surface area contributed by atoms with Gasteiger partial charge in [0.15, 0.2) is 8.24 Å². The Morgan fingerprint density at radius 3 is 2.00 bits per heavy atom. The molecule has 0 heterocycles. The normalized spacial score (nSPS) is 12.7. The Morgan fingerprint density at radius 1 is 1.00 bits per heavy atom. The second-order valence-electron chi connectivity index (χ2n) is 7.78. The molecule has 0 atom stereocenters. The van der Waals surface area contributed by atoms with E-state index in [1.165, 1.54) is 5.69 Å². The van der Waals surface area contributed by atoms with Gasteiger partial charge >= 0.3 is 9.28 Å². The maximum atomic E-state index is 5.83. The third-order valence-corrected chi connectivity index (χ3v) is 12.9. The molecule has 0 aliphatic rings. The van der Waals surface area contributed by atoms with Gasteiger partial charge in [0.1, 0.15) is 0 Å². The van der Waals surface area contributed by atoms with Crippen molar-refractivity contribution < 1.29 is 8.85 Å². The molecular formula is C19H37NO2Si2. The van der Waals surface area contributed by atoms with E-state index in [0.29, 0.717) is 5.04 Å². The number of anilines is 1. The number of para-hydroxylation sites is 1. The van der Waals surface area contributed by atoms with Crippen LogP contribution in [-0.4, -0.2) is 37.3 Å². The first-order chi connectivity index (χ1) is 11.2. The van der Waals surface area contributed by atoms with Crippen LogP contribution < -0.4 is 4.57 Å². The molecule has 24 heavy (non-hydrogen) atoms. The van der Waals surface area contributed by atoms with Crippen LogP contribution in [0.1, 0.15) is 41.0 Å². The molecule has 0 saturated carbocycles. The van der Waals surface area contributed by atoms with Crippen LogP contribution >= 0.6 is 0 Å². The lowest BCUT2D eigenvalue weighted by atomic mass is 10.2. The van der Waals surface area contributed by atoms with E-state index in [0.717, 1.165) is 32.2 Å². The third-order valence-electron chi connectivity index (χ3n) is 5.10. The van der Waals surface area contributed by atoms with E-state index in [-0.39, 0.29) is 0 Å². The van der Waals surface area contributed by atoms with E-state index in [9.17, 15) is 0 Å². The van der Waals surface area contributed by atoms with E-state index in [1.54, 1.807) is 0 Å². The lowest BCUT2D eigenvalue weighted by Crippen LogP contribution is -2.55. The molecule has 0 radical (unpaired) electrons. The summed E-state index contributed by atoms with van der Waals surface area (Å²) < 4.78 is 14.4. The van der Waals surface area contributed by atoms with E-state index in [4.69, 9.17) is 8.85 Å². The summed E-state index contributed by atoms with van der Waals surface area (Å²) in [6.45, 7) is 18.9. The second-order valence-corrected chi connectivity index (χ2v) is 15.0. The monoisotopic (exact) mass is 367 g/mol. The second kappa shape index (κ2) is 9.75. The zero-order valence-electron chi connectivity index (χ0n) is 16.8. The molecule has 1 aromatic carbocycles. The molecule has 0 spiro atoms. The number of benzene rings is 1. The Kier molecular flexibility index (Phi) is 8.70. The Bertz CT molecular complexity index is 454. The first-order valence-electron chi connectivity index (χ1n) is 9.30. The zero-order chi connectivity index (χ0) is 18.2. The molecule has 1 aromatic rings. The Labute approximate surface area is 152 Å². The summed E-state index contributed by atoms with van der Waals surface area (Å²) >= 11 is 0. The van der Waals surface area contributed by atoms with Crippen molar-refractivity contribution in [1.29, 1.82) is 0 Å². The predicted octanol–water partition coefficient (Wildman–Crippen LogP) is 5.18. The van der Waals surface area contributed by atoms with Gasteiger partial charge in [-0.1, -0.05) is 52.1 Å². The van der Waals surface area contributed by atoms with E-state index in [2.05, 4.69) is 82.6 Å². The molecule has 0 aliphatic heterocycles. The minimum Gasteiger partial charge on any atom is -0.397 e. The quantitative estimate of drug-likeness (QED) is 0.532. The molecule has 0 aliphatic carbocycles. The van der Waals surface area contributed by atoms with Crippen molar-refractivity contribution in [2.45, 2.75) is 65.2 Å². The molecular weight excluding hydrogens is 330 g/mol. The van der Waals surface area contributed by atoms with Gasteiger partial charge < -0.3 is 13.4 Å². The van der Waals surface area contributed by atoms with Crippen molar-refractivity contribution in [3.8, 4) is 0 Å². The van der Waals surface area contributed by atoms with Gasteiger partial charge in [-0.15, -0.1) is 0 Å². The molecule has 0 aromatic heterocycles. The van der Waals surface area contributed by atoms with Gasteiger partial charge in [-0.05, 0) is 43.5 Å². The fraction of sp³-hybridized carbons (Fsp3) is 0.684. The van der Waals surface area contributed by atoms with Crippen LogP contribution in [0.15, 0.2) is 30.3 Å². The molecule has 0 unspecified atom stereocenters. The van der Waals surface area contributed by atoms with Crippen LogP contribution in [-0.2, 0) is 8.85 Å². The van der Waals surface area contributed by atoms with Crippen LogP contribution in [0, 0.1) is 0 Å². The van der Waals surface area contributed by atoms with Crippen molar-refractivity contribution in [1.82, 2.24) is 0 Å². The summed E-state index contributed by atoms with van der Waals surface area (Å²) in [6, 6.07) is 12.0. The maximum absolute atomic E-state index is 5.83. The average molecular weight is 368 g/mol. The lowest BCUT2D eigenvalue weighted by Gasteiger charge is -2.47. The fourth-order valence-electron chi connectivity index (χ4n) is 2.75. The molecule has 0 bridgehead atoms. The van der Waals surface area contributed by atoms with Gasteiger partial charge in [-0.3, -0.25) is 0 Å². The van der Waals surface area contributed by atoms with Crippen LogP contribution in [0.2, 0.25) is 24.2 Å². The number of nitrogens with zero attached hydrogens (tertiary/aromatic N) is 1. The third kappa shape index (κ3) is 6.02. The van der Waals surface area contributed by atoms with E-state index in [1.807, 2.05) is 0 Å². The molecule has 5 heteroatoms. The van der Waals surface area contributed by atoms with Crippen molar-refractivity contribution in [3.63, 3.8) is 0 Å². The highest BCUT2D eigenvalue weighted by Gasteiger charge is 2.41. The van der Waals surface area contributed by atoms with Crippen LogP contribution in [0.5, 0.6) is 0 Å². The summed E-state index contributed by atoms with van der Waals surface area (Å²) in [5, 5.41) is 0.319. The molecule has 0 N–H and O–H groups in total. The molecule has 3 nitrogen and oxygen atoms in total. The number of hydrogen-bond donors (Lipinski definition) is 0. The van der Waals surface area contributed by atoms with Crippen LogP contribution in [0.4, 0.5) is 5.69 Å². The van der Waals surface area contributed by atoms with Crippen LogP contribution in [0.25, 0.3) is 0 Å². The summed E-state index contributed by atoms with van der Waals surface area (Å²) in [6.07, 6.45) is 1.14. The van der Waals surface area contributed by atoms with Crippen molar-refractivity contribution in [3.05, 3.63) is 30.3 Å². The van der Waals surface area contributed by atoms with Gasteiger partial charge in [0.05, 0.1) is 0 Å². The first kappa shape index (κ1) is 21.4. The van der Waals surface area contributed by atoms with E-state index < -0.39 is 17.5 Å². The summed E-state index contributed by atoms with van der Waals surface area (Å²) in [4.78, 5) is 0. The Hall–Kier alpha value is -0.626. The van der Waals surface area contributed by atoms with Crippen molar-refractivity contribution in [2.24, 2.45) is 0 Å². The molecule has 138 valence electrons. The topological polar surface area (TPSA) is 21.7 Å². The molecule has 1 rings (SSSR count). The van der Waals surface area contributed by atoms with Crippen molar-refractivity contribution >= 4 is 23.2 Å². The Balaban J connectivity index is 2.84. The predicted molar refractivity (Wildman–Crippen MR) is 111 cm³/mol. The minimum absolute atomic E-state index is 0.319. The summed E-state index contributed by atoms with van der Waals surface area (Å²) in [5.41, 5.74) is 1.36. The first-order valence-corrected chi connectivity index (χ1v) is 14.0. The van der Waals surface area contributed by atoms with Crippen molar-refractivity contribution in [2.75, 3.05) is 24.3 Å². The Morgan fingerprint density at radius 2 is 1.54 bits per heavy atom. The van der Waals surface area contributed by atoms with Gasteiger partial charge in [-0.25, -0.2) is 0 Å². The summed E-state index contributed by atoms with van der Waals surface area (Å²) in [7, 11) is -3.11. The largest absolute Gasteiger partial charge is 0.397 e. The van der Waals surface area contributed by atoms with Gasteiger partial charge in [-0.2, -0.15) is 0 Å².